The zero-order chi connectivity index (χ0) is 19.1. The molecule has 0 aliphatic carbocycles. The molecule has 0 radical (unpaired) electrons. The van der Waals surface area contributed by atoms with E-state index in [9.17, 15) is 4.39 Å². The Morgan fingerprint density at radius 1 is 1.08 bits per heavy atom. The minimum atomic E-state index is -0.171. The molecule has 0 unspecified atom stereocenters. The number of rotatable bonds is 1. The van der Waals surface area contributed by atoms with Crippen molar-refractivity contribution >= 4 is 13.6 Å². The van der Waals surface area contributed by atoms with Crippen LogP contribution in [0.4, 0.5) is 4.39 Å². The van der Waals surface area contributed by atoms with Crippen LogP contribution in [-0.4, -0.2) is 20.1 Å². The molecule has 0 atom stereocenters. The predicted molar refractivity (Wildman–Crippen MR) is 96.5 cm³/mol. The zero-order valence-corrected chi connectivity index (χ0v) is 14.4. The SMILES string of the molecule is C=O.C=O.Cc1ccc(F)cc1.N#CCc1ccc2c(c1)CNCC2. The lowest BCUT2D eigenvalue weighted by atomic mass is 9.98. The lowest BCUT2D eigenvalue weighted by molar-refractivity contribution is -0.0987. The Morgan fingerprint density at radius 2 is 1.72 bits per heavy atom. The smallest absolute Gasteiger partial charge is 0.123 e. The van der Waals surface area contributed by atoms with Crippen LogP contribution >= 0.6 is 0 Å². The predicted octanol–water partition coefficient (Wildman–Crippen LogP) is 3.16. The van der Waals surface area contributed by atoms with E-state index in [1.165, 1.54) is 23.3 Å². The Balaban J connectivity index is 0.000000414. The number of benzene rings is 2. The topological polar surface area (TPSA) is 70.0 Å². The van der Waals surface area contributed by atoms with Crippen molar-refractivity contribution in [3.8, 4) is 6.07 Å². The van der Waals surface area contributed by atoms with Gasteiger partial charge in [0, 0.05) is 6.54 Å². The second-order valence-corrected chi connectivity index (χ2v) is 5.16. The monoisotopic (exact) mass is 342 g/mol. The first kappa shape index (κ1) is 22.2. The number of nitriles is 1. The molecule has 0 amide bonds. The molecular formula is C20H23FN2O2. The van der Waals surface area contributed by atoms with Crippen molar-refractivity contribution in [2.75, 3.05) is 6.54 Å². The average Bonchev–Trinajstić information content (AvgIpc) is 2.68. The summed E-state index contributed by atoms with van der Waals surface area (Å²) in [5.41, 5.74) is 5.01. The molecule has 3 rings (SSSR count). The van der Waals surface area contributed by atoms with E-state index in [0.29, 0.717) is 6.42 Å². The van der Waals surface area contributed by atoms with E-state index in [-0.39, 0.29) is 5.82 Å². The molecule has 132 valence electrons. The van der Waals surface area contributed by atoms with E-state index < -0.39 is 0 Å². The molecule has 0 saturated heterocycles. The van der Waals surface area contributed by atoms with Crippen molar-refractivity contribution in [3.05, 3.63) is 70.5 Å². The maximum absolute atomic E-state index is 12.1. The summed E-state index contributed by atoms with van der Waals surface area (Å²) in [4.78, 5) is 16.0. The third-order valence-electron chi connectivity index (χ3n) is 3.45. The van der Waals surface area contributed by atoms with Crippen molar-refractivity contribution in [2.45, 2.75) is 26.3 Å². The summed E-state index contributed by atoms with van der Waals surface area (Å²) >= 11 is 0. The number of carbonyl (C=O) groups excluding carboxylic acids is 2. The molecule has 25 heavy (non-hydrogen) atoms. The van der Waals surface area contributed by atoms with Gasteiger partial charge in [0.2, 0.25) is 0 Å². The fourth-order valence-corrected chi connectivity index (χ4v) is 2.27. The highest BCUT2D eigenvalue weighted by atomic mass is 19.1. The van der Waals surface area contributed by atoms with Crippen molar-refractivity contribution in [1.29, 1.82) is 5.26 Å². The van der Waals surface area contributed by atoms with Crippen LogP contribution in [0.15, 0.2) is 42.5 Å². The van der Waals surface area contributed by atoms with Gasteiger partial charge in [-0.1, -0.05) is 35.9 Å². The van der Waals surface area contributed by atoms with Crippen LogP contribution in [0.5, 0.6) is 0 Å². The lowest BCUT2D eigenvalue weighted by Crippen LogP contribution is -2.23. The van der Waals surface area contributed by atoms with Crippen molar-refractivity contribution in [1.82, 2.24) is 5.32 Å². The number of hydrogen-bond donors (Lipinski definition) is 1. The van der Waals surface area contributed by atoms with Crippen LogP contribution in [-0.2, 0) is 29.0 Å². The first-order chi connectivity index (χ1) is 12.2. The molecule has 0 aromatic heterocycles. The average molecular weight is 342 g/mol. The minimum absolute atomic E-state index is 0.171. The van der Waals surface area contributed by atoms with Gasteiger partial charge in [-0.05, 0) is 48.7 Å². The highest BCUT2D eigenvalue weighted by Crippen LogP contribution is 2.15. The van der Waals surface area contributed by atoms with Crippen LogP contribution in [0.3, 0.4) is 0 Å². The maximum Gasteiger partial charge on any atom is 0.123 e. The first-order valence-corrected chi connectivity index (χ1v) is 7.67. The Labute approximate surface area is 148 Å². The van der Waals surface area contributed by atoms with Gasteiger partial charge < -0.3 is 14.9 Å². The van der Waals surface area contributed by atoms with Crippen molar-refractivity contribution in [3.63, 3.8) is 0 Å². The second kappa shape index (κ2) is 13.6. The van der Waals surface area contributed by atoms with Crippen LogP contribution < -0.4 is 5.32 Å². The fourth-order valence-electron chi connectivity index (χ4n) is 2.27. The number of halogens is 1. The lowest BCUT2D eigenvalue weighted by Gasteiger charge is -2.17. The van der Waals surface area contributed by atoms with Crippen LogP contribution in [0.2, 0.25) is 0 Å². The molecule has 1 heterocycles. The minimum Gasteiger partial charge on any atom is -0.312 e. The van der Waals surface area contributed by atoms with Gasteiger partial charge in [-0.15, -0.1) is 0 Å². The Bertz CT molecular complexity index is 643. The van der Waals surface area contributed by atoms with E-state index in [1.807, 2.05) is 20.5 Å². The molecule has 0 saturated carbocycles. The molecule has 1 aliphatic heterocycles. The normalized spacial score (nSPS) is 10.9. The molecule has 2 aromatic carbocycles. The summed E-state index contributed by atoms with van der Waals surface area (Å²) in [6, 6.07) is 14.9. The number of aryl methyl sites for hydroxylation is 1. The summed E-state index contributed by atoms with van der Waals surface area (Å²) in [5, 5.41) is 11.9. The van der Waals surface area contributed by atoms with E-state index >= 15 is 0 Å². The van der Waals surface area contributed by atoms with E-state index in [0.717, 1.165) is 30.6 Å². The summed E-state index contributed by atoms with van der Waals surface area (Å²) in [6.07, 6.45) is 1.63. The Kier molecular flexibility index (Phi) is 12.0. The third kappa shape index (κ3) is 8.54. The second-order valence-electron chi connectivity index (χ2n) is 5.16. The molecule has 0 fully saturated rings. The summed E-state index contributed by atoms with van der Waals surface area (Å²) in [6.45, 7) is 7.96. The highest BCUT2D eigenvalue weighted by molar-refractivity contribution is 5.34. The largest absolute Gasteiger partial charge is 0.312 e. The van der Waals surface area contributed by atoms with Gasteiger partial charge in [-0.3, -0.25) is 0 Å². The third-order valence-corrected chi connectivity index (χ3v) is 3.45. The van der Waals surface area contributed by atoms with Gasteiger partial charge in [-0.2, -0.15) is 5.26 Å². The molecule has 2 aromatic rings. The van der Waals surface area contributed by atoms with Gasteiger partial charge in [0.15, 0.2) is 0 Å². The maximum atomic E-state index is 12.1. The number of nitrogens with one attached hydrogen (secondary N) is 1. The number of carbonyl (C=O) groups is 2. The fraction of sp³-hybridized carbons (Fsp3) is 0.250. The molecule has 0 bridgehead atoms. The van der Waals surface area contributed by atoms with Gasteiger partial charge in [-0.25, -0.2) is 4.39 Å². The summed E-state index contributed by atoms with van der Waals surface area (Å²) in [5.74, 6) is -0.171. The van der Waals surface area contributed by atoms with Crippen LogP contribution in [0, 0.1) is 24.1 Å². The van der Waals surface area contributed by atoms with Crippen molar-refractivity contribution in [2.24, 2.45) is 0 Å². The van der Waals surface area contributed by atoms with Gasteiger partial charge in [0.1, 0.15) is 19.4 Å². The van der Waals surface area contributed by atoms with Crippen LogP contribution in [0.1, 0.15) is 22.3 Å². The summed E-state index contributed by atoms with van der Waals surface area (Å²) in [7, 11) is 0. The Hall–Kier alpha value is -2.84. The molecule has 5 heteroatoms. The van der Waals surface area contributed by atoms with E-state index in [4.69, 9.17) is 14.9 Å². The Morgan fingerprint density at radius 3 is 2.28 bits per heavy atom. The van der Waals surface area contributed by atoms with E-state index in [1.54, 1.807) is 12.1 Å². The molecule has 1 aliphatic rings. The molecule has 4 nitrogen and oxygen atoms in total. The van der Waals surface area contributed by atoms with Gasteiger partial charge >= 0.3 is 0 Å². The molecule has 0 spiro atoms. The van der Waals surface area contributed by atoms with E-state index in [2.05, 4.69) is 29.6 Å². The molecular weight excluding hydrogens is 319 g/mol. The quantitative estimate of drug-likeness (QED) is 0.864. The zero-order valence-electron chi connectivity index (χ0n) is 14.4. The van der Waals surface area contributed by atoms with Crippen molar-refractivity contribution < 1.29 is 14.0 Å². The van der Waals surface area contributed by atoms with Gasteiger partial charge in [0.05, 0.1) is 12.5 Å². The summed E-state index contributed by atoms with van der Waals surface area (Å²) < 4.78 is 12.1. The highest BCUT2D eigenvalue weighted by Gasteiger charge is 2.08. The standard InChI is InChI=1S/C11H12N2.C7H7F.2CH2O/c12-5-3-9-1-2-10-4-6-13-8-11(10)7-9;1-6-2-4-7(8)5-3-6;2*1-2/h1-2,7,13H,3-4,6,8H2;2-5H,1H3;2*1H2. The molecule has 1 N–H and O–H groups in total. The first-order valence-electron chi connectivity index (χ1n) is 7.67. The number of nitrogens with zero attached hydrogens (tertiary/aromatic N) is 1. The number of fused-ring (bicyclic) bond motifs is 1. The number of hydrogen-bond acceptors (Lipinski definition) is 4. The van der Waals surface area contributed by atoms with Crippen LogP contribution in [0.25, 0.3) is 0 Å². The van der Waals surface area contributed by atoms with Gasteiger partial charge in [0.25, 0.3) is 0 Å².